The van der Waals surface area contributed by atoms with Crippen LogP contribution in [-0.4, -0.2) is 18.3 Å². The van der Waals surface area contributed by atoms with Gasteiger partial charge in [-0.25, -0.2) is 0 Å². The number of rotatable bonds is 3. The maximum atomic E-state index is 3.45. The smallest absolute Gasteiger partial charge is 0.0187 e. The van der Waals surface area contributed by atoms with Crippen molar-refractivity contribution in [2.45, 2.75) is 23.8 Å². The van der Waals surface area contributed by atoms with Crippen LogP contribution in [0, 0.1) is 0 Å². The molecule has 1 heterocycles. The van der Waals surface area contributed by atoms with E-state index in [9.17, 15) is 0 Å². The first-order chi connectivity index (χ1) is 6.95. The molecule has 0 saturated carbocycles. The van der Waals surface area contributed by atoms with Crippen molar-refractivity contribution < 1.29 is 0 Å². The van der Waals surface area contributed by atoms with Crippen LogP contribution in [-0.2, 0) is 5.75 Å². The van der Waals surface area contributed by atoms with Gasteiger partial charge in [-0.05, 0) is 24.9 Å². The Kier molecular flexibility index (Phi) is 3.90. The molecule has 1 aromatic rings. The van der Waals surface area contributed by atoms with E-state index >= 15 is 0 Å². The highest BCUT2D eigenvalue weighted by Gasteiger charge is 2.12. The topological polar surface area (TPSA) is 12.0 Å². The van der Waals surface area contributed by atoms with Crippen LogP contribution in [0.15, 0.2) is 30.3 Å². The summed E-state index contributed by atoms with van der Waals surface area (Å²) < 4.78 is 0. The van der Waals surface area contributed by atoms with Gasteiger partial charge in [-0.2, -0.15) is 11.8 Å². The van der Waals surface area contributed by atoms with Crippen molar-refractivity contribution in [1.82, 2.24) is 5.32 Å². The van der Waals surface area contributed by atoms with E-state index < -0.39 is 0 Å². The van der Waals surface area contributed by atoms with Crippen molar-refractivity contribution in [2.24, 2.45) is 0 Å². The monoisotopic (exact) mass is 207 g/mol. The van der Waals surface area contributed by atoms with Crippen molar-refractivity contribution in [1.29, 1.82) is 0 Å². The average Bonchev–Trinajstić information content (AvgIpc) is 2.29. The summed E-state index contributed by atoms with van der Waals surface area (Å²) in [6.07, 6.45) is 2.72. The predicted octanol–water partition coefficient (Wildman–Crippen LogP) is 2.67. The lowest BCUT2D eigenvalue weighted by atomic mass is 10.2. The molecule has 1 atom stereocenters. The van der Waals surface area contributed by atoms with Gasteiger partial charge in [0, 0.05) is 17.5 Å². The van der Waals surface area contributed by atoms with E-state index in [4.69, 9.17) is 0 Å². The standard InChI is InChI=1S/C12H17NS/c1-2-5-11(6-3-1)10-14-12-7-4-8-13-9-12/h1-3,5-6,12-13H,4,7-10H2. The number of piperidine rings is 1. The van der Waals surface area contributed by atoms with E-state index in [0.29, 0.717) is 0 Å². The lowest BCUT2D eigenvalue weighted by molar-refractivity contribution is 0.531. The summed E-state index contributed by atoms with van der Waals surface area (Å²) >= 11 is 2.09. The fraction of sp³-hybridized carbons (Fsp3) is 0.500. The second kappa shape index (κ2) is 5.42. The molecule has 1 nitrogen and oxygen atoms in total. The quantitative estimate of drug-likeness (QED) is 0.818. The predicted molar refractivity (Wildman–Crippen MR) is 63.6 cm³/mol. The second-order valence-corrected chi connectivity index (χ2v) is 5.05. The maximum Gasteiger partial charge on any atom is 0.0187 e. The number of hydrogen-bond donors (Lipinski definition) is 1. The van der Waals surface area contributed by atoms with Crippen LogP contribution in [0.2, 0.25) is 0 Å². The van der Waals surface area contributed by atoms with Gasteiger partial charge in [0.25, 0.3) is 0 Å². The first kappa shape index (κ1) is 10.1. The summed E-state index contributed by atoms with van der Waals surface area (Å²) in [4.78, 5) is 0. The van der Waals surface area contributed by atoms with E-state index in [0.717, 1.165) is 11.0 Å². The minimum Gasteiger partial charge on any atom is -0.316 e. The van der Waals surface area contributed by atoms with Crippen molar-refractivity contribution >= 4 is 11.8 Å². The Bertz CT molecular complexity index is 254. The van der Waals surface area contributed by atoms with E-state index in [1.807, 2.05) is 0 Å². The zero-order valence-electron chi connectivity index (χ0n) is 8.41. The van der Waals surface area contributed by atoms with Gasteiger partial charge in [0.05, 0.1) is 0 Å². The molecular formula is C12H17NS. The van der Waals surface area contributed by atoms with Crippen LogP contribution >= 0.6 is 11.8 Å². The molecule has 1 fully saturated rings. The lowest BCUT2D eigenvalue weighted by Gasteiger charge is -2.22. The summed E-state index contributed by atoms with van der Waals surface area (Å²) in [5.41, 5.74) is 1.45. The molecule has 1 aliphatic heterocycles. The van der Waals surface area contributed by atoms with Gasteiger partial charge < -0.3 is 5.32 Å². The Labute approximate surface area is 90.3 Å². The van der Waals surface area contributed by atoms with Crippen molar-refractivity contribution in [3.63, 3.8) is 0 Å². The number of nitrogens with one attached hydrogen (secondary N) is 1. The molecule has 2 rings (SSSR count). The Hall–Kier alpha value is -0.470. The van der Waals surface area contributed by atoms with E-state index in [-0.39, 0.29) is 0 Å². The number of hydrogen-bond acceptors (Lipinski definition) is 2. The fourth-order valence-corrected chi connectivity index (χ4v) is 2.94. The summed E-state index contributed by atoms with van der Waals surface area (Å²) in [6.45, 7) is 2.40. The summed E-state index contributed by atoms with van der Waals surface area (Å²) in [5.74, 6) is 1.16. The third-order valence-corrected chi connectivity index (χ3v) is 3.95. The number of thioether (sulfide) groups is 1. The molecule has 0 radical (unpaired) electrons. The Morgan fingerprint density at radius 3 is 2.86 bits per heavy atom. The average molecular weight is 207 g/mol. The summed E-state index contributed by atoms with van der Waals surface area (Å²) in [6, 6.07) is 10.7. The van der Waals surface area contributed by atoms with E-state index in [2.05, 4.69) is 47.4 Å². The fourth-order valence-electron chi connectivity index (χ4n) is 1.75. The van der Waals surface area contributed by atoms with Gasteiger partial charge in [-0.1, -0.05) is 30.3 Å². The molecule has 1 saturated heterocycles. The van der Waals surface area contributed by atoms with Gasteiger partial charge in [0.1, 0.15) is 0 Å². The third-order valence-electron chi connectivity index (χ3n) is 2.58. The molecule has 1 aliphatic rings. The minimum absolute atomic E-state index is 0.823. The molecule has 1 N–H and O–H groups in total. The van der Waals surface area contributed by atoms with Crippen molar-refractivity contribution in [2.75, 3.05) is 13.1 Å². The Morgan fingerprint density at radius 2 is 2.14 bits per heavy atom. The molecule has 14 heavy (non-hydrogen) atoms. The molecule has 0 amide bonds. The van der Waals surface area contributed by atoms with Crippen LogP contribution in [0.1, 0.15) is 18.4 Å². The molecule has 0 bridgehead atoms. The van der Waals surface area contributed by atoms with E-state index in [1.54, 1.807) is 0 Å². The van der Waals surface area contributed by atoms with Crippen LogP contribution in [0.4, 0.5) is 0 Å². The van der Waals surface area contributed by atoms with Crippen molar-refractivity contribution in [3.8, 4) is 0 Å². The zero-order chi connectivity index (χ0) is 9.64. The minimum atomic E-state index is 0.823. The first-order valence-corrected chi connectivity index (χ1v) is 6.36. The lowest BCUT2D eigenvalue weighted by Crippen LogP contribution is -2.31. The Balaban J connectivity index is 1.76. The third kappa shape index (κ3) is 3.03. The highest BCUT2D eigenvalue weighted by molar-refractivity contribution is 7.99. The normalized spacial score (nSPS) is 22.1. The molecule has 1 aromatic carbocycles. The number of benzene rings is 1. The largest absolute Gasteiger partial charge is 0.316 e. The Morgan fingerprint density at radius 1 is 1.29 bits per heavy atom. The highest BCUT2D eigenvalue weighted by atomic mass is 32.2. The first-order valence-electron chi connectivity index (χ1n) is 5.31. The van der Waals surface area contributed by atoms with Crippen LogP contribution in [0.3, 0.4) is 0 Å². The molecule has 2 heteroatoms. The van der Waals surface area contributed by atoms with Gasteiger partial charge in [-0.15, -0.1) is 0 Å². The summed E-state index contributed by atoms with van der Waals surface area (Å²) in [5, 5.41) is 4.27. The van der Waals surface area contributed by atoms with Crippen LogP contribution in [0.5, 0.6) is 0 Å². The van der Waals surface area contributed by atoms with Gasteiger partial charge >= 0.3 is 0 Å². The van der Waals surface area contributed by atoms with Crippen LogP contribution < -0.4 is 5.32 Å². The molecule has 1 unspecified atom stereocenters. The molecule has 0 spiro atoms. The zero-order valence-corrected chi connectivity index (χ0v) is 9.22. The van der Waals surface area contributed by atoms with E-state index in [1.165, 1.54) is 31.5 Å². The van der Waals surface area contributed by atoms with Gasteiger partial charge in [0.15, 0.2) is 0 Å². The molecule has 0 aliphatic carbocycles. The van der Waals surface area contributed by atoms with Gasteiger partial charge in [0.2, 0.25) is 0 Å². The molecule has 76 valence electrons. The van der Waals surface area contributed by atoms with Gasteiger partial charge in [-0.3, -0.25) is 0 Å². The SMILES string of the molecule is c1ccc(CSC2CCCNC2)cc1. The highest BCUT2D eigenvalue weighted by Crippen LogP contribution is 2.22. The summed E-state index contributed by atoms with van der Waals surface area (Å²) in [7, 11) is 0. The maximum absolute atomic E-state index is 3.45. The second-order valence-electron chi connectivity index (χ2n) is 3.76. The molecular weight excluding hydrogens is 190 g/mol. The molecule has 0 aromatic heterocycles. The van der Waals surface area contributed by atoms with Crippen molar-refractivity contribution in [3.05, 3.63) is 35.9 Å². The van der Waals surface area contributed by atoms with Crippen LogP contribution in [0.25, 0.3) is 0 Å².